The first kappa shape index (κ1) is 16.9. The Kier molecular flexibility index (Phi) is 5.54. The number of nitrogens with two attached hydrogens (primary N) is 1. The van der Waals surface area contributed by atoms with Gasteiger partial charge in [-0.1, -0.05) is 18.9 Å². The van der Waals surface area contributed by atoms with Crippen molar-refractivity contribution in [2.75, 3.05) is 5.32 Å². The predicted octanol–water partition coefficient (Wildman–Crippen LogP) is 3.40. The van der Waals surface area contributed by atoms with Gasteiger partial charge in [0.15, 0.2) is 0 Å². The summed E-state index contributed by atoms with van der Waals surface area (Å²) in [5, 5.41) is 2.82. The van der Waals surface area contributed by atoms with Crippen LogP contribution in [0.2, 0.25) is 0 Å². The molecule has 0 saturated heterocycles. The van der Waals surface area contributed by atoms with E-state index < -0.39 is 5.54 Å². The highest BCUT2D eigenvalue weighted by Gasteiger charge is 2.37. The zero-order valence-electron chi connectivity index (χ0n) is 11.9. The molecule has 2 rings (SSSR count). The Morgan fingerprint density at radius 1 is 1.45 bits per heavy atom. The summed E-state index contributed by atoms with van der Waals surface area (Å²) in [6, 6.07) is 4.40. The van der Waals surface area contributed by atoms with Crippen LogP contribution >= 0.6 is 12.4 Å². The van der Waals surface area contributed by atoms with Crippen LogP contribution in [-0.4, -0.2) is 11.4 Å². The number of carbonyl (C=O) groups is 1. The Hall–Kier alpha value is -1.13. The molecule has 1 amide bonds. The molecule has 2 atom stereocenters. The molecule has 1 aliphatic carbocycles. The second-order valence-electron chi connectivity index (χ2n) is 5.75. The number of aryl methyl sites for hydroxylation is 1. The predicted molar refractivity (Wildman–Crippen MR) is 81.6 cm³/mol. The van der Waals surface area contributed by atoms with Crippen LogP contribution in [0.15, 0.2) is 18.2 Å². The number of hydrogen-bond acceptors (Lipinski definition) is 2. The average Bonchev–Trinajstić information content (AvgIpc) is 2.33. The van der Waals surface area contributed by atoms with Crippen LogP contribution in [0.1, 0.15) is 38.2 Å². The largest absolute Gasteiger partial charge is 0.325 e. The average molecular weight is 301 g/mol. The van der Waals surface area contributed by atoms with Gasteiger partial charge < -0.3 is 11.1 Å². The fourth-order valence-electron chi connectivity index (χ4n) is 2.74. The van der Waals surface area contributed by atoms with Crippen molar-refractivity contribution in [2.24, 2.45) is 11.7 Å². The van der Waals surface area contributed by atoms with Crippen LogP contribution in [0.4, 0.5) is 10.1 Å². The fraction of sp³-hybridized carbons (Fsp3) is 0.533. The molecule has 20 heavy (non-hydrogen) atoms. The zero-order chi connectivity index (χ0) is 14.0. The third-order valence-electron chi connectivity index (χ3n) is 4.03. The summed E-state index contributed by atoms with van der Waals surface area (Å²) in [5.74, 6) is -0.651. The van der Waals surface area contributed by atoms with Crippen LogP contribution in [0.3, 0.4) is 0 Å². The van der Waals surface area contributed by atoms with E-state index in [1.807, 2.05) is 13.8 Å². The van der Waals surface area contributed by atoms with Crippen molar-refractivity contribution in [3.63, 3.8) is 0 Å². The monoisotopic (exact) mass is 300 g/mol. The highest BCUT2D eigenvalue weighted by Crippen LogP contribution is 2.32. The van der Waals surface area contributed by atoms with Gasteiger partial charge in [0.2, 0.25) is 5.91 Å². The van der Waals surface area contributed by atoms with Gasteiger partial charge >= 0.3 is 0 Å². The number of amides is 1. The Morgan fingerprint density at radius 3 is 2.80 bits per heavy atom. The summed E-state index contributed by atoms with van der Waals surface area (Å²) in [4.78, 5) is 12.3. The van der Waals surface area contributed by atoms with Crippen molar-refractivity contribution in [1.82, 2.24) is 0 Å². The Bertz CT molecular complexity index is 491. The van der Waals surface area contributed by atoms with Crippen LogP contribution in [0, 0.1) is 18.7 Å². The van der Waals surface area contributed by atoms with E-state index in [9.17, 15) is 9.18 Å². The number of halogens is 2. The molecule has 0 radical (unpaired) electrons. The molecule has 0 aliphatic heterocycles. The Morgan fingerprint density at radius 2 is 2.15 bits per heavy atom. The summed E-state index contributed by atoms with van der Waals surface area (Å²) < 4.78 is 13.2. The molecule has 3 N–H and O–H groups in total. The maximum Gasteiger partial charge on any atom is 0.229 e. The highest BCUT2D eigenvalue weighted by atomic mass is 35.5. The molecule has 1 saturated carbocycles. The quantitative estimate of drug-likeness (QED) is 0.879. The second-order valence-corrected chi connectivity index (χ2v) is 5.75. The van der Waals surface area contributed by atoms with Crippen LogP contribution in [0.25, 0.3) is 0 Å². The summed E-state index contributed by atoms with van der Waals surface area (Å²) >= 11 is 0. The van der Waals surface area contributed by atoms with Gasteiger partial charge in [-0.05, 0) is 44.4 Å². The minimum Gasteiger partial charge on any atom is -0.325 e. The lowest BCUT2D eigenvalue weighted by atomic mass is 9.74. The molecule has 1 aromatic carbocycles. The SMILES string of the molecule is Cc1ccc(F)cc1NC(=O)C1CCCCC1(C)N.Cl. The van der Waals surface area contributed by atoms with E-state index in [1.54, 1.807) is 6.07 Å². The Labute approximate surface area is 125 Å². The first-order valence-corrected chi connectivity index (χ1v) is 6.76. The van der Waals surface area contributed by atoms with Crippen LogP contribution in [0.5, 0.6) is 0 Å². The molecular formula is C15H22ClFN2O. The van der Waals surface area contributed by atoms with Crippen LogP contribution < -0.4 is 11.1 Å². The van der Waals surface area contributed by atoms with Crippen molar-refractivity contribution >= 4 is 24.0 Å². The Balaban J connectivity index is 0.00000200. The number of hydrogen-bond donors (Lipinski definition) is 2. The van der Waals surface area contributed by atoms with Crippen LogP contribution in [-0.2, 0) is 4.79 Å². The molecular weight excluding hydrogens is 279 g/mol. The van der Waals surface area contributed by atoms with E-state index in [2.05, 4.69) is 5.32 Å². The topological polar surface area (TPSA) is 55.1 Å². The zero-order valence-corrected chi connectivity index (χ0v) is 12.7. The van der Waals surface area contributed by atoms with Gasteiger partial charge in [0.1, 0.15) is 5.82 Å². The normalized spacial score (nSPS) is 25.7. The fourth-order valence-corrected chi connectivity index (χ4v) is 2.74. The van der Waals surface area contributed by atoms with E-state index in [-0.39, 0.29) is 30.0 Å². The lowest BCUT2D eigenvalue weighted by Crippen LogP contribution is -2.51. The molecule has 0 aromatic heterocycles. The minimum absolute atomic E-state index is 0. The number of anilines is 1. The van der Waals surface area contributed by atoms with Gasteiger partial charge in [0.25, 0.3) is 0 Å². The summed E-state index contributed by atoms with van der Waals surface area (Å²) in [6.07, 6.45) is 3.74. The first-order valence-electron chi connectivity index (χ1n) is 6.76. The van der Waals surface area contributed by atoms with Gasteiger partial charge in [-0.25, -0.2) is 4.39 Å². The molecule has 0 bridgehead atoms. The molecule has 1 fully saturated rings. The maximum atomic E-state index is 13.2. The number of rotatable bonds is 2. The van der Waals surface area contributed by atoms with Crippen molar-refractivity contribution in [1.29, 1.82) is 0 Å². The number of benzene rings is 1. The minimum atomic E-state index is -0.469. The summed E-state index contributed by atoms with van der Waals surface area (Å²) in [7, 11) is 0. The van der Waals surface area contributed by atoms with Crippen molar-refractivity contribution in [3.8, 4) is 0 Å². The van der Waals surface area contributed by atoms with Gasteiger partial charge in [-0.15, -0.1) is 12.4 Å². The molecule has 0 heterocycles. The second kappa shape index (κ2) is 6.55. The van der Waals surface area contributed by atoms with Gasteiger partial charge in [-0.2, -0.15) is 0 Å². The van der Waals surface area contributed by atoms with E-state index >= 15 is 0 Å². The molecule has 5 heteroatoms. The lowest BCUT2D eigenvalue weighted by molar-refractivity contribution is -0.122. The van der Waals surface area contributed by atoms with Gasteiger partial charge in [0.05, 0.1) is 5.92 Å². The third kappa shape index (κ3) is 3.70. The molecule has 112 valence electrons. The van der Waals surface area contributed by atoms with E-state index in [1.165, 1.54) is 12.1 Å². The molecule has 0 spiro atoms. The van der Waals surface area contributed by atoms with Gasteiger partial charge in [0, 0.05) is 11.2 Å². The van der Waals surface area contributed by atoms with Crippen molar-refractivity contribution in [2.45, 2.75) is 45.1 Å². The van der Waals surface area contributed by atoms with Crippen molar-refractivity contribution in [3.05, 3.63) is 29.6 Å². The van der Waals surface area contributed by atoms with Gasteiger partial charge in [-0.3, -0.25) is 4.79 Å². The third-order valence-corrected chi connectivity index (χ3v) is 4.03. The number of carbonyl (C=O) groups excluding carboxylic acids is 1. The molecule has 1 aromatic rings. The standard InChI is InChI=1S/C15H21FN2O.ClH/c1-10-6-7-11(16)9-13(10)18-14(19)12-5-3-4-8-15(12,2)17;/h6-7,9,12H,3-5,8,17H2,1-2H3,(H,18,19);1H. The van der Waals surface area contributed by atoms with E-state index in [0.29, 0.717) is 5.69 Å². The molecule has 1 aliphatic rings. The molecule has 3 nitrogen and oxygen atoms in total. The highest BCUT2D eigenvalue weighted by molar-refractivity contribution is 5.94. The van der Waals surface area contributed by atoms with Crippen molar-refractivity contribution < 1.29 is 9.18 Å². The summed E-state index contributed by atoms with van der Waals surface area (Å²) in [5.41, 5.74) is 7.13. The lowest BCUT2D eigenvalue weighted by Gasteiger charge is -2.37. The maximum absolute atomic E-state index is 13.2. The van der Waals surface area contributed by atoms with E-state index in [0.717, 1.165) is 31.2 Å². The number of nitrogens with one attached hydrogen (secondary N) is 1. The first-order chi connectivity index (χ1) is 8.90. The smallest absolute Gasteiger partial charge is 0.229 e. The molecule has 2 unspecified atom stereocenters. The summed E-state index contributed by atoms with van der Waals surface area (Å²) in [6.45, 7) is 3.77. The van der Waals surface area contributed by atoms with E-state index in [4.69, 9.17) is 5.73 Å².